The Labute approximate surface area is 106 Å². The van der Waals surface area contributed by atoms with Gasteiger partial charge in [0.2, 0.25) is 5.91 Å². The molecule has 0 radical (unpaired) electrons. The molecule has 6 nitrogen and oxygen atoms in total. The summed E-state index contributed by atoms with van der Waals surface area (Å²) in [4.78, 5) is 34.2. The number of hydrogen-bond acceptors (Lipinski definition) is 4. The van der Waals surface area contributed by atoms with Crippen LogP contribution in [0.1, 0.15) is 25.7 Å². The van der Waals surface area contributed by atoms with Gasteiger partial charge in [-0.3, -0.25) is 24.7 Å². The van der Waals surface area contributed by atoms with E-state index in [2.05, 4.69) is 0 Å². The highest BCUT2D eigenvalue weighted by atomic mass is 35.5. The first-order valence-electron chi connectivity index (χ1n) is 5.18. The molecule has 0 saturated heterocycles. The van der Waals surface area contributed by atoms with Gasteiger partial charge in [0, 0.05) is 25.1 Å². The van der Waals surface area contributed by atoms with E-state index in [-0.39, 0.29) is 30.1 Å². The van der Waals surface area contributed by atoms with Crippen LogP contribution in [0, 0.1) is 0 Å². The number of amides is 3. The first-order chi connectivity index (χ1) is 7.65. The molecule has 0 spiro atoms. The van der Waals surface area contributed by atoms with E-state index in [1.54, 1.807) is 0 Å². The predicted octanol–water partition coefficient (Wildman–Crippen LogP) is -0.117. The minimum absolute atomic E-state index is 0. The van der Waals surface area contributed by atoms with E-state index < -0.39 is 0 Å². The number of carbonyl (C=O) groups is 3. The van der Waals surface area contributed by atoms with Gasteiger partial charge in [0.15, 0.2) is 0 Å². The van der Waals surface area contributed by atoms with Crippen molar-refractivity contribution in [2.45, 2.75) is 25.7 Å². The molecule has 96 valence electrons. The van der Waals surface area contributed by atoms with E-state index in [9.17, 15) is 14.4 Å². The average Bonchev–Trinajstić information content (AvgIpc) is 2.59. The second-order valence-corrected chi connectivity index (χ2v) is 3.54. The molecule has 0 aromatic heterocycles. The van der Waals surface area contributed by atoms with Crippen LogP contribution in [0.25, 0.3) is 0 Å². The van der Waals surface area contributed by atoms with Crippen molar-refractivity contribution in [1.29, 1.82) is 0 Å². The van der Waals surface area contributed by atoms with Gasteiger partial charge in [-0.2, -0.15) is 0 Å². The summed E-state index contributed by atoms with van der Waals surface area (Å²) in [6.45, 7) is 0.412. The quantitative estimate of drug-likeness (QED) is 0.229. The third-order valence-electron chi connectivity index (χ3n) is 2.35. The van der Waals surface area contributed by atoms with Gasteiger partial charge < -0.3 is 0 Å². The second kappa shape index (κ2) is 7.81. The number of hydrogen-bond donors (Lipinski definition) is 2. The number of unbranched alkanes of at least 4 members (excludes halogenated alkanes) is 2. The first-order valence-corrected chi connectivity index (χ1v) is 5.18. The SMILES string of the molecule is Cl.NNC(=O)CCCCCN1C(=O)C=CC1=O. The van der Waals surface area contributed by atoms with E-state index in [4.69, 9.17) is 5.84 Å². The number of carbonyl (C=O) groups excluding carboxylic acids is 3. The smallest absolute Gasteiger partial charge is 0.253 e. The summed E-state index contributed by atoms with van der Waals surface area (Å²) in [7, 11) is 0. The first kappa shape index (κ1) is 15.6. The van der Waals surface area contributed by atoms with E-state index in [1.807, 2.05) is 5.43 Å². The highest BCUT2D eigenvalue weighted by Crippen LogP contribution is 2.07. The average molecular weight is 262 g/mol. The molecular formula is C10H16ClN3O3. The molecule has 3 N–H and O–H groups in total. The molecule has 1 rings (SSSR count). The van der Waals surface area contributed by atoms with Crippen molar-refractivity contribution in [3.63, 3.8) is 0 Å². The molecule has 3 amide bonds. The summed E-state index contributed by atoms with van der Waals surface area (Å²) in [5, 5.41) is 0. The fourth-order valence-corrected chi connectivity index (χ4v) is 1.46. The van der Waals surface area contributed by atoms with Crippen LogP contribution in [0.5, 0.6) is 0 Å². The Hall–Kier alpha value is -1.40. The number of nitrogens with one attached hydrogen (secondary N) is 1. The molecule has 0 atom stereocenters. The van der Waals surface area contributed by atoms with Gasteiger partial charge in [-0.05, 0) is 12.8 Å². The standard InChI is InChI=1S/C10H15N3O3.ClH/c11-12-8(14)4-2-1-3-7-13-9(15)5-6-10(13)16;/h5-6H,1-4,7,11H2,(H,12,14);1H. The van der Waals surface area contributed by atoms with Crippen LogP contribution in [-0.4, -0.2) is 29.2 Å². The summed E-state index contributed by atoms with van der Waals surface area (Å²) in [6.07, 6.45) is 5.10. The maximum atomic E-state index is 11.1. The van der Waals surface area contributed by atoms with Gasteiger partial charge in [0.1, 0.15) is 0 Å². The summed E-state index contributed by atoms with van der Waals surface area (Å²) in [5.41, 5.74) is 2.04. The maximum absolute atomic E-state index is 11.1. The van der Waals surface area contributed by atoms with Crippen molar-refractivity contribution in [2.24, 2.45) is 5.84 Å². The highest BCUT2D eigenvalue weighted by Gasteiger charge is 2.22. The maximum Gasteiger partial charge on any atom is 0.253 e. The number of hydrazine groups is 1. The van der Waals surface area contributed by atoms with Crippen LogP contribution in [0.4, 0.5) is 0 Å². The van der Waals surface area contributed by atoms with E-state index in [1.165, 1.54) is 17.1 Å². The summed E-state index contributed by atoms with van der Waals surface area (Å²) in [5.74, 6) is 4.20. The number of rotatable bonds is 6. The Bertz CT molecular complexity index is 313. The van der Waals surface area contributed by atoms with Crippen molar-refractivity contribution < 1.29 is 14.4 Å². The summed E-state index contributed by atoms with van der Waals surface area (Å²) >= 11 is 0. The fraction of sp³-hybridized carbons (Fsp3) is 0.500. The van der Waals surface area contributed by atoms with Crippen LogP contribution >= 0.6 is 12.4 Å². The zero-order valence-electron chi connectivity index (χ0n) is 9.35. The van der Waals surface area contributed by atoms with Gasteiger partial charge in [0.05, 0.1) is 0 Å². The van der Waals surface area contributed by atoms with E-state index in [0.29, 0.717) is 25.8 Å². The van der Waals surface area contributed by atoms with Crippen LogP contribution in [-0.2, 0) is 14.4 Å². The molecule has 0 aromatic rings. The van der Waals surface area contributed by atoms with Crippen LogP contribution in [0.3, 0.4) is 0 Å². The van der Waals surface area contributed by atoms with Crippen molar-refractivity contribution in [3.8, 4) is 0 Å². The van der Waals surface area contributed by atoms with E-state index >= 15 is 0 Å². The van der Waals surface area contributed by atoms with Gasteiger partial charge in [0.25, 0.3) is 11.8 Å². The third kappa shape index (κ3) is 4.97. The Morgan fingerprint density at radius 1 is 1.18 bits per heavy atom. The lowest BCUT2D eigenvalue weighted by molar-refractivity contribution is -0.136. The Morgan fingerprint density at radius 2 is 1.76 bits per heavy atom. The predicted molar refractivity (Wildman–Crippen MR) is 63.9 cm³/mol. The van der Waals surface area contributed by atoms with Gasteiger partial charge in [-0.15, -0.1) is 12.4 Å². The zero-order valence-corrected chi connectivity index (χ0v) is 10.2. The molecule has 0 aromatic carbocycles. The number of halogens is 1. The molecule has 17 heavy (non-hydrogen) atoms. The lowest BCUT2D eigenvalue weighted by Gasteiger charge is -2.12. The minimum Gasteiger partial charge on any atom is -0.294 e. The zero-order chi connectivity index (χ0) is 12.0. The van der Waals surface area contributed by atoms with Crippen molar-refractivity contribution in [1.82, 2.24) is 10.3 Å². The van der Waals surface area contributed by atoms with E-state index in [0.717, 1.165) is 6.42 Å². The molecule has 1 aliphatic rings. The topological polar surface area (TPSA) is 92.5 Å². The third-order valence-corrected chi connectivity index (χ3v) is 2.35. The Kier molecular flexibility index (Phi) is 7.16. The summed E-state index contributed by atoms with van der Waals surface area (Å²) in [6, 6.07) is 0. The van der Waals surface area contributed by atoms with Crippen molar-refractivity contribution in [2.75, 3.05) is 6.54 Å². The van der Waals surface area contributed by atoms with Crippen LogP contribution < -0.4 is 11.3 Å². The molecule has 0 bridgehead atoms. The highest BCUT2D eigenvalue weighted by molar-refractivity contribution is 6.12. The monoisotopic (exact) mass is 261 g/mol. The van der Waals surface area contributed by atoms with Gasteiger partial charge in [-0.25, -0.2) is 5.84 Å². The van der Waals surface area contributed by atoms with Crippen LogP contribution in [0.15, 0.2) is 12.2 Å². The minimum atomic E-state index is -0.260. The van der Waals surface area contributed by atoms with Crippen LogP contribution in [0.2, 0.25) is 0 Å². The molecule has 0 saturated carbocycles. The number of nitrogens with zero attached hydrogens (tertiary/aromatic N) is 1. The molecule has 0 aliphatic carbocycles. The molecule has 7 heteroatoms. The molecule has 1 aliphatic heterocycles. The largest absolute Gasteiger partial charge is 0.294 e. The molecule has 1 heterocycles. The molecule has 0 fully saturated rings. The van der Waals surface area contributed by atoms with Crippen molar-refractivity contribution >= 4 is 30.1 Å². The Balaban J connectivity index is 0.00000256. The lowest BCUT2D eigenvalue weighted by Crippen LogP contribution is -2.31. The normalized spacial score (nSPS) is 13.8. The Morgan fingerprint density at radius 3 is 2.29 bits per heavy atom. The summed E-state index contributed by atoms with van der Waals surface area (Å²) < 4.78 is 0. The molecular weight excluding hydrogens is 246 g/mol. The van der Waals surface area contributed by atoms with Gasteiger partial charge in [-0.1, -0.05) is 6.42 Å². The number of imide groups is 1. The second-order valence-electron chi connectivity index (χ2n) is 3.54. The fourth-order valence-electron chi connectivity index (χ4n) is 1.46. The molecule has 0 unspecified atom stereocenters. The lowest BCUT2D eigenvalue weighted by atomic mass is 10.2. The van der Waals surface area contributed by atoms with Crippen molar-refractivity contribution in [3.05, 3.63) is 12.2 Å². The van der Waals surface area contributed by atoms with Gasteiger partial charge >= 0.3 is 0 Å². The number of nitrogens with two attached hydrogens (primary N) is 1.